The molecule has 4 rings (SSSR count). The number of halogens is 1. The molecule has 0 aromatic carbocycles. The number of hydrogen-bond donors (Lipinski definition) is 0. The molecule has 1 amide bonds. The fourth-order valence-corrected chi connectivity index (χ4v) is 3.03. The van der Waals surface area contributed by atoms with Gasteiger partial charge >= 0.3 is 0 Å². The molecule has 124 valence electrons. The molecule has 0 N–H and O–H groups in total. The summed E-state index contributed by atoms with van der Waals surface area (Å²) in [6, 6.07) is 8.65. The Kier molecular flexibility index (Phi) is 3.93. The Labute approximate surface area is 144 Å². The number of amides is 1. The van der Waals surface area contributed by atoms with Gasteiger partial charge in [0.1, 0.15) is 5.82 Å². The van der Waals surface area contributed by atoms with Crippen LogP contribution in [-0.2, 0) is 13.0 Å². The predicted octanol–water partition coefficient (Wildman–Crippen LogP) is 2.88. The summed E-state index contributed by atoms with van der Waals surface area (Å²) in [4.78, 5) is 27.0. The molecule has 25 heavy (non-hydrogen) atoms. The van der Waals surface area contributed by atoms with E-state index in [1.165, 1.54) is 12.3 Å². The Morgan fingerprint density at radius 1 is 1.04 bits per heavy atom. The number of fused-ring (bicyclic) bond motifs is 1. The quantitative estimate of drug-likeness (QED) is 0.736. The van der Waals surface area contributed by atoms with Crippen LogP contribution in [0.1, 0.15) is 21.7 Å². The summed E-state index contributed by atoms with van der Waals surface area (Å²) < 4.78 is 12.9. The van der Waals surface area contributed by atoms with E-state index in [1.54, 1.807) is 29.6 Å². The standard InChI is InChI=1S/C19H15FN4O/c20-14-1-2-15(23-11-14)6-10-24-12-17-18(19(24)25)16(5-9-22-17)13-3-7-21-8-4-13/h1-5,7-9,11H,6,10,12H2. The number of carbonyl (C=O) groups is 1. The Morgan fingerprint density at radius 2 is 1.88 bits per heavy atom. The van der Waals surface area contributed by atoms with Gasteiger partial charge in [0.15, 0.2) is 0 Å². The smallest absolute Gasteiger partial charge is 0.256 e. The number of hydrogen-bond acceptors (Lipinski definition) is 4. The second-order valence-corrected chi connectivity index (χ2v) is 5.86. The van der Waals surface area contributed by atoms with Gasteiger partial charge in [0.05, 0.1) is 24.0 Å². The van der Waals surface area contributed by atoms with Crippen molar-refractivity contribution in [2.75, 3.05) is 6.54 Å². The van der Waals surface area contributed by atoms with Crippen molar-refractivity contribution < 1.29 is 9.18 Å². The van der Waals surface area contributed by atoms with Crippen LogP contribution in [0.15, 0.2) is 55.1 Å². The highest BCUT2D eigenvalue weighted by atomic mass is 19.1. The fraction of sp³-hybridized carbons (Fsp3) is 0.158. The van der Waals surface area contributed by atoms with Crippen molar-refractivity contribution in [1.29, 1.82) is 0 Å². The van der Waals surface area contributed by atoms with E-state index in [9.17, 15) is 9.18 Å². The first-order chi connectivity index (χ1) is 12.2. The van der Waals surface area contributed by atoms with Gasteiger partial charge in [-0.15, -0.1) is 0 Å². The lowest BCUT2D eigenvalue weighted by atomic mass is 10.0. The maximum Gasteiger partial charge on any atom is 0.256 e. The van der Waals surface area contributed by atoms with Crippen LogP contribution in [0.5, 0.6) is 0 Å². The van der Waals surface area contributed by atoms with Crippen molar-refractivity contribution in [2.45, 2.75) is 13.0 Å². The van der Waals surface area contributed by atoms with E-state index < -0.39 is 0 Å². The van der Waals surface area contributed by atoms with Crippen molar-refractivity contribution in [2.24, 2.45) is 0 Å². The van der Waals surface area contributed by atoms with Crippen LogP contribution >= 0.6 is 0 Å². The first-order valence-corrected chi connectivity index (χ1v) is 8.00. The van der Waals surface area contributed by atoms with E-state index in [1.807, 2.05) is 18.2 Å². The summed E-state index contributed by atoms with van der Waals surface area (Å²) >= 11 is 0. The molecule has 0 fully saturated rings. The number of aromatic nitrogens is 3. The van der Waals surface area contributed by atoms with Crippen molar-refractivity contribution in [3.05, 3.63) is 77.9 Å². The largest absolute Gasteiger partial charge is 0.332 e. The predicted molar refractivity (Wildman–Crippen MR) is 90.1 cm³/mol. The fourth-order valence-electron chi connectivity index (χ4n) is 3.03. The van der Waals surface area contributed by atoms with Crippen LogP contribution in [-0.4, -0.2) is 32.3 Å². The van der Waals surface area contributed by atoms with Crippen LogP contribution in [0.25, 0.3) is 11.1 Å². The van der Waals surface area contributed by atoms with Crippen LogP contribution in [0.4, 0.5) is 4.39 Å². The van der Waals surface area contributed by atoms with Crippen molar-refractivity contribution in [1.82, 2.24) is 19.9 Å². The van der Waals surface area contributed by atoms with E-state index in [0.717, 1.165) is 22.5 Å². The minimum Gasteiger partial charge on any atom is -0.332 e. The molecule has 0 aliphatic carbocycles. The summed E-state index contributed by atoms with van der Waals surface area (Å²) in [5.41, 5.74) is 4.02. The lowest BCUT2D eigenvalue weighted by Crippen LogP contribution is -2.26. The third-order valence-corrected chi connectivity index (χ3v) is 4.29. The van der Waals surface area contributed by atoms with Crippen LogP contribution in [0, 0.1) is 5.82 Å². The molecule has 1 aliphatic rings. The molecule has 0 saturated heterocycles. The van der Waals surface area contributed by atoms with Gasteiger partial charge < -0.3 is 4.90 Å². The van der Waals surface area contributed by atoms with Crippen LogP contribution < -0.4 is 0 Å². The Morgan fingerprint density at radius 3 is 2.64 bits per heavy atom. The summed E-state index contributed by atoms with van der Waals surface area (Å²) in [6.07, 6.45) is 6.91. The lowest BCUT2D eigenvalue weighted by molar-refractivity contribution is 0.0780. The molecule has 1 aliphatic heterocycles. The summed E-state index contributed by atoms with van der Waals surface area (Å²) in [5.74, 6) is -0.392. The minimum atomic E-state index is -0.361. The number of pyridine rings is 3. The van der Waals surface area contributed by atoms with Crippen LogP contribution in [0.2, 0.25) is 0 Å². The minimum absolute atomic E-state index is 0.0305. The van der Waals surface area contributed by atoms with Gasteiger partial charge in [0, 0.05) is 37.3 Å². The molecule has 6 heteroatoms. The van der Waals surface area contributed by atoms with E-state index in [2.05, 4.69) is 15.0 Å². The average Bonchev–Trinajstić information content (AvgIpc) is 2.98. The zero-order valence-electron chi connectivity index (χ0n) is 13.4. The second kappa shape index (κ2) is 6.39. The van der Waals surface area contributed by atoms with Crippen LogP contribution in [0.3, 0.4) is 0 Å². The van der Waals surface area contributed by atoms with Crippen molar-refractivity contribution >= 4 is 5.91 Å². The molecule has 0 radical (unpaired) electrons. The topological polar surface area (TPSA) is 59.0 Å². The summed E-state index contributed by atoms with van der Waals surface area (Å²) in [5, 5.41) is 0. The zero-order chi connectivity index (χ0) is 17.2. The molecule has 0 bridgehead atoms. The molecular formula is C19H15FN4O. The van der Waals surface area contributed by atoms with Gasteiger partial charge in [0.25, 0.3) is 5.91 Å². The molecule has 4 heterocycles. The normalized spacial score (nSPS) is 13.2. The number of carbonyl (C=O) groups excluding carboxylic acids is 1. The van der Waals surface area contributed by atoms with E-state index in [0.29, 0.717) is 25.1 Å². The molecule has 5 nitrogen and oxygen atoms in total. The second-order valence-electron chi connectivity index (χ2n) is 5.86. The highest BCUT2D eigenvalue weighted by molar-refractivity contribution is 6.03. The summed E-state index contributed by atoms with van der Waals surface area (Å²) in [6.45, 7) is 0.998. The molecule has 0 unspecified atom stereocenters. The molecule has 0 atom stereocenters. The van der Waals surface area contributed by atoms with Gasteiger partial charge in [-0.1, -0.05) is 0 Å². The van der Waals surface area contributed by atoms with Gasteiger partial charge in [-0.2, -0.15) is 0 Å². The van der Waals surface area contributed by atoms with Gasteiger partial charge in [0.2, 0.25) is 0 Å². The SMILES string of the molecule is O=C1c2c(-c3ccncc3)ccnc2CN1CCc1ccc(F)cn1. The summed E-state index contributed by atoms with van der Waals surface area (Å²) in [7, 11) is 0. The van der Waals surface area contributed by atoms with E-state index in [4.69, 9.17) is 0 Å². The molecular weight excluding hydrogens is 319 g/mol. The van der Waals surface area contributed by atoms with Crippen molar-refractivity contribution in [3.8, 4) is 11.1 Å². The Hall–Kier alpha value is -3.15. The Balaban J connectivity index is 1.56. The molecule has 3 aromatic heterocycles. The first-order valence-electron chi connectivity index (χ1n) is 8.00. The average molecular weight is 334 g/mol. The van der Waals surface area contributed by atoms with E-state index in [-0.39, 0.29) is 11.7 Å². The molecule has 0 spiro atoms. The van der Waals surface area contributed by atoms with Gasteiger partial charge in [-0.05, 0) is 41.5 Å². The highest BCUT2D eigenvalue weighted by Gasteiger charge is 2.31. The van der Waals surface area contributed by atoms with Crippen molar-refractivity contribution in [3.63, 3.8) is 0 Å². The maximum absolute atomic E-state index is 12.9. The van der Waals surface area contributed by atoms with E-state index >= 15 is 0 Å². The van der Waals surface area contributed by atoms with Gasteiger partial charge in [-0.25, -0.2) is 4.39 Å². The zero-order valence-corrected chi connectivity index (χ0v) is 13.4. The molecule has 3 aromatic rings. The first kappa shape index (κ1) is 15.4. The van der Waals surface area contributed by atoms with Gasteiger partial charge in [-0.3, -0.25) is 19.7 Å². The highest BCUT2D eigenvalue weighted by Crippen LogP contribution is 2.31. The third kappa shape index (κ3) is 2.98. The number of rotatable bonds is 4. The monoisotopic (exact) mass is 334 g/mol. The lowest BCUT2D eigenvalue weighted by Gasteiger charge is -2.15. The maximum atomic E-state index is 12.9. The Bertz CT molecular complexity index is 912. The third-order valence-electron chi connectivity index (χ3n) is 4.29. The molecule has 0 saturated carbocycles. The number of nitrogens with zero attached hydrogens (tertiary/aromatic N) is 4.